The highest BCUT2D eigenvalue weighted by Gasteiger charge is 2.20. The van der Waals surface area contributed by atoms with Crippen LogP contribution < -0.4 is 14.8 Å². The molecule has 21 heavy (non-hydrogen) atoms. The third-order valence-corrected chi connectivity index (χ3v) is 3.59. The Morgan fingerprint density at radius 3 is 2.95 bits per heavy atom. The number of methoxy groups -OCH3 is 1. The summed E-state index contributed by atoms with van der Waals surface area (Å²) in [5, 5.41) is 7.61. The summed E-state index contributed by atoms with van der Waals surface area (Å²) in [5.74, 6) is 1.77. The molecule has 1 saturated carbocycles. The van der Waals surface area contributed by atoms with E-state index in [1.165, 1.54) is 12.8 Å². The van der Waals surface area contributed by atoms with Crippen LogP contribution in [0, 0.1) is 0 Å². The molecule has 0 amide bonds. The molecule has 1 N–H and O–H groups in total. The molecule has 2 aromatic rings. The van der Waals surface area contributed by atoms with Gasteiger partial charge in [-0.2, -0.15) is 0 Å². The number of rotatable bonds is 7. The van der Waals surface area contributed by atoms with Crippen LogP contribution in [0.4, 0.5) is 0 Å². The number of hydrogen-bond donors (Lipinski definition) is 1. The predicted molar refractivity (Wildman–Crippen MR) is 78.7 cm³/mol. The molecule has 5 nitrogen and oxygen atoms in total. The summed E-state index contributed by atoms with van der Waals surface area (Å²) in [6, 6.07) is 6.23. The molecule has 0 unspecified atom stereocenters. The Kier molecular flexibility index (Phi) is 4.31. The van der Waals surface area contributed by atoms with E-state index in [2.05, 4.69) is 10.5 Å². The van der Waals surface area contributed by atoms with E-state index in [0.29, 0.717) is 28.3 Å². The van der Waals surface area contributed by atoms with Crippen LogP contribution in [0.25, 0.3) is 0 Å². The summed E-state index contributed by atoms with van der Waals surface area (Å²) in [4.78, 5) is 0. The Labute approximate surface area is 128 Å². The van der Waals surface area contributed by atoms with Crippen molar-refractivity contribution < 1.29 is 14.0 Å². The summed E-state index contributed by atoms with van der Waals surface area (Å²) in [5.41, 5.74) is 1.08. The molecule has 1 aliphatic rings. The van der Waals surface area contributed by atoms with Gasteiger partial charge in [-0.05, 0) is 30.5 Å². The minimum Gasteiger partial charge on any atom is -0.493 e. The highest BCUT2D eigenvalue weighted by molar-refractivity contribution is 6.32. The lowest BCUT2D eigenvalue weighted by Gasteiger charge is -2.13. The topological polar surface area (TPSA) is 56.5 Å². The van der Waals surface area contributed by atoms with Gasteiger partial charge in [0.1, 0.15) is 6.61 Å². The molecule has 3 rings (SSSR count). The molecule has 0 aliphatic heterocycles. The van der Waals surface area contributed by atoms with Gasteiger partial charge in [-0.25, -0.2) is 0 Å². The maximum absolute atomic E-state index is 6.31. The quantitative estimate of drug-likeness (QED) is 0.851. The Bertz CT molecular complexity index is 597. The van der Waals surface area contributed by atoms with Gasteiger partial charge in [0.15, 0.2) is 17.3 Å². The van der Waals surface area contributed by atoms with Crippen LogP contribution in [-0.2, 0) is 13.2 Å². The second-order valence-electron chi connectivity index (χ2n) is 5.03. The number of hydrogen-bond acceptors (Lipinski definition) is 5. The minimum atomic E-state index is 0.260. The molecule has 0 spiro atoms. The Morgan fingerprint density at radius 1 is 1.43 bits per heavy atom. The van der Waals surface area contributed by atoms with Crippen molar-refractivity contribution in [3.05, 3.63) is 40.7 Å². The molecule has 6 heteroatoms. The van der Waals surface area contributed by atoms with Crippen molar-refractivity contribution in [3.63, 3.8) is 0 Å². The predicted octanol–water partition coefficient (Wildman–Crippen LogP) is 3.17. The van der Waals surface area contributed by atoms with Crippen LogP contribution in [0.2, 0.25) is 5.02 Å². The van der Waals surface area contributed by atoms with E-state index in [1.54, 1.807) is 19.4 Å². The number of nitrogens with zero attached hydrogens (tertiary/aromatic N) is 1. The van der Waals surface area contributed by atoms with Gasteiger partial charge in [0.2, 0.25) is 0 Å². The van der Waals surface area contributed by atoms with Gasteiger partial charge >= 0.3 is 0 Å². The average Bonchev–Trinajstić information content (AvgIpc) is 3.17. The van der Waals surface area contributed by atoms with Gasteiger partial charge in [-0.15, -0.1) is 0 Å². The number of benzene rings is 1. The van der Waals surface area contributed by atoms with Crippen molar-refractivity contribution in [1.82, 2.24) is 10.5 Å². The number of halogens is 1. The van der Waals surface area contributed by atoms with Gasteiger partial charge < -0.3 is 19.3 Å². The second-order valence-corrected chi connectivity index (χ2v) is 5.44. The van der Waals surface area contributed by atoms with Crippen molar-refractivity contribution in [2.75, 3.05) is 7.11 Å². The van der Waals surface area contributed by atoms with E-state index in [9.17, 15) is 0 Å². The highest BCUT2D eigenvalue weighted by Crippen LogP contribution is 2.37. The molecule has 1 heterocycles. The van der Waals surface area contributed by atoms with Gasteiger partial charge in [0.25, 0.3) is 0 Å². The highest BCUT2D eigenvalue weighted by atomic mass is 35.5. The molecule has 0 bridgehead atoms. The van der Waals surface area contributed by atoms with Crippen LogP contribution >= 0.6 is 11.6 Å². The fourth-order valence-electron chi connectivity index (χ4n) is 2.02. The maximum Gasteiger partial charge on any atom is 0.180 e. The third kappa shape index (κ3) is 3.68. The summed E-state index contributed by atoms with van der Waals surface area (Å²) in [7, 11) is 1.60. The van der Waals surface area contributed by atoms with Gasteiger partial charge in [0.05, 0.1) is 18.3 Å². The average molecular weight is 309 g/mol. The summed E-state index contributed by atoms with van der Waals surface area (Å²) < 4.78 is 16.1. The van der Waals surface area contributed by atoms with Crippen LogP contribution in [-0.4, -0.2) is 18.3 Å². The molecular formula is C15H17ClN2O3. The van der Waals surface area contributed by atoms with E-state index >= 15 is 0 Å². The SMILES string of the molecule is COc1cc(CNC2CC2)cc(Cl)c1OCc1ccno1. The Hall–Kier alpha value is -1.72. The molecule has 0 atom stereocenters. The van der Waals surface area contributed by atoms with E-state index in [0.717, 1.165) is 12.1 Å². The van der Waals surface area contributed by atoms with Crippen molar-refractivity contribution in [2.45, 2.75) is 32.0 Å². The number of nitrogens with one attached hydrogen (secondary N) is 1. The first-order valence-electron chi connectivity index (χ1n) is 6.88. The fourth-order valence-corrected chi connectivity index (χ4v) is 2.31. The first-order valence-corrected chi connectivity index (χ1v) is 7.26. The first kappa shape index (κ1) is 14.2. The summed E-state index contributed by atoms with van der Waals surface area (Å²) in [6.07, 6.45) is 4.08. The van der Waals surface area contributed by atoms with Crippen LogP contribution in [0.15, 0.2) is 28.9 Å². The molecule has 1 fully saturated rings. The van der Waals surface area contributed by atoms with Crippen molar-refractivity contribution in [3.8, 4) is 11.5 Å². The molecule has 0 radical (unpaired) electrons. The van der Waals surface area contributed by atoms with E-state index in [4.69, 9.17) is 25.6 Å². The van der Waals surface area contributed by atoms with E-state index in [-0.39, 0.29) is 6.61 Å². The van der Waals surface area contributed by atoms with E-state index in [1.807, 2.05) is 12.1 Å². The zero-order valence-electron chi connectivity index (χ0n) is 11.8. The Morgan fingerprint density at radius 2 is 2.29 bits per heavy atom. The van der Waals surface area contributed by atoms with Crippen LogP contribution in [0.1, 0.15) is 24.2 Å². The van der Waals surface area contributed by atoms with Gasteiger partial charge in [0, 0.05) is 18.7 Å². The minimum absolute atomic E-state index is 0.260. The lowest BCUT2D eigenvalue weighted by atomic mass is 10.2. The maximum atomic E-state index is 6.31. The Balaban J connectivity index is 1.71. The standard InChI is InChI=1S/C15H17ClN2O3/c1-19-14-7-10(8-17-11-2-3-11)6-13(16)15(14)20-9-12-4-5-18-21-12/h4-7,11,17H,2-3,8-9H2,1H3. The van der Waals surface area contributed by atoms with E-state index < -0.39 is 0 Å². The molecule has 0 saturated heterocycles. The van der Waals surface area contributed by atoms with Crippen molar-refractivity contribution >= 4 is 11.6 Å². The fraction of sp³-hybridized carbons (Fsp3) is 0.400. The first-order chi connectivity index (χ1) is 10.3. The normalized spacial score (nSPS) is 14.2. The monoisotopic (exact) mass is 308 g/mol. The molecule has 1 aromatic heterocycles. The zero-order chi connectivity index (χ0) is 14.7. The molecular weight excluding hydrogens is 292 g/mol. The third-order valence-electron chi connectivity index (χ3n) is 3.31. The zero-order valence-corrected chi connectivity index (χ0v) is 12.5. The molecule has 112 valence electrons. The van der Waals surface area contributed by atoms with Crippen molar-refractivity contribution in [1.29, 1.82) is 0 Å². The van der Waals surface area contributed by atoms with Crippen LogP contribution in [0.3, 0.4) is 0 Å². The van der Waals surface area contributed by atoms with Gasteiger partial charge in [-0.1, -0.05) is 16.8 Å². The smallest absolute Gasteiger partial charge is 0.180 e. The van der Waals surface area contributed by atoms with Gasteiger partial charge in [-0.3, -0.25) is 0 Å². The second kappa shape index (κ2) is 6.37. The largest absolute Gasteiger partial charge is 0.493 e. The lowest BCUT2D eigenvalue weighted by Crippen LogP contribution is -2.15. The summed E-state index contributed by atoms with van der Waals surface area (Å²) in [6.45, 7) is 1.04. The lowest BCUT2D eigenvalue weighted by molar-refractivity contribution is 0.239. The molecule has 1 aromatic carbocycles. The van der Waals surface area contributed by atoms with Crippen molar-refractivity contribution in [2.24, 2.45) is 0 Å². The number of ether oxygens (including phenoxy) is 2. The molecule has 1 aliphatic carbocycles. The number of aromatic nitrogens is 1. The van der Waals surface area contributed by atoms with Crippen LogP contribution in [0.5, 0.6) is 11.5 Å². The summed E-state index contributed by atoms with van der Waals surface area (Å²) >= 11 is 6.31.